The van der Waals surface area contributed by atoms with Crippen molar-refractivity contribution in [2.75, 3.05) is 13.7 Å². The van der Waals surface area contributed by atoms with Gasteiger partial charge < -0.3 is 15.3 Å². The van der Waals surface area contributed by atoms with Crippen molar-refractivity contribution < 1.29 is 9.90 Å². The fraction of sp³-hybridized carbons (Fsp3) is 0.923. The van der Waals surface area contributed by atoms with Gasteiger partial charge in [-0.1, -0.05) is 26.2 Å². The summed E-state index contributed by atoms with van der Waals surface area (Å²) in [5, 5.41) is 12.1. The van der Waals surface area contributed by atoms with Crippen LogP contribution in [0.25, 0.3) is 0 Å². The quantitative estimate of drug-likeness (QED) is 0.792. The highest BCUT2D eigenvalue weighted by Gasteiger charge is 2.24. The van der Waals surface area contributed by atoms with Crippen LogP contribution in [-0.2, 0) is 0 Å². The molecule has 2 N–H and O–H groups in total. The highest BCUT2D eigenvalue weighted by molar-refractivity contribution is 5.74. The molecule has 1 rings (SSSR count). The first-order chi connectivity index (χ1) is 8.08. The van der Waals surface area contributed by atoms with Crippen molar-refractivity contribution in [3.05, 3.63) is 0 Å². The van der Waals surface area contributed by atoms with E-state index in [2.05, 4.69) is 12.2 Å². The van der Waals surface area contributed by atoms with Crippen molar-refractivity contribution in [2.45, 2.75) is 58.0 Å². The van der Waals surface area contributed by atoms with Gasteiger partial charge in [-0.25, -0.2) is 4.79 Å². The van der Waals surface area contributed by atoms with Gasteiger partial charge in [0.25, 0.3) is 0 Å². The van der Waals surface area contributed by atoms with Crippen LogP contribution in [0.3, 0.4) is 0 Å². The van der Waals surface area contributed by atoms with E-state index in [0.29, 0.717) is 6.04 Å². The molecular formula is C13H26N2O2. The average Bonchev–Trinajstić information content (AvgIpc) is 2.37. The Bertz CT molecular complexity index is 246. The Hall–Kier alpha value is -0.770. The predicted molar refractivity (Wildman–Crippen MR) is 68.9 cm³/mol. The highest BCUT2D eigenvalue weighted by atomic mass is 16.3. The summed E-state index contributed by atoms with van der Waals surface area (Å²) in [5.41, 5.74) is 0. The van der Waals surface area contributed by atoms with Gasteiger partial charge in [0.05, 0.1) is 12.6 Å². The van der Waals surface area contributed by atoms with Gasteiger partial charge in [0, 0.05) is 13.1 Å². The molecule has 4 heteroatoms. The van der Waals surface area contributed by atoms with Crippen LogP contribution in [-0.4, -0.2) is 41.8 Å². The van der Waals surface area contributed by atoms with Gasteiger partial charge in [-0.15, -0.1) is 0 Å². The normalized spacial score (nSPS) is 26.4. The van der Waals surface area contributed by atoms with E-state index in [9.17, 15) is 4.79 Å². The highest BCUT2D eigenvalue weighted by Crippen LogP contribution is 2.26. The van der Waals surface area contributed by atoms with E-state index < -0.39 is 0 Å². The summed E-state index contributed by atoms with van der Waals surface area (Å²) in [7, 11) is 1.73. The number of nitrogens with one attached hydrogen (secondary N) is 1. The first kappa shape index (κ1) is 14.3. The largest absolute Gasteiger partial charge is 0.394 e. The van der Waals surface area contributed by atoms with Gasteiger partial charge in [0.2, 0.25) is 0 Å². The molecule has 0 aliphatic heterocycles. The van der Waals surface area contributed by atoms with Crippen LogP contribution >= 0.6 is 0 Å². The van der Waals surface area contributed by atoms with Gasteiger partial charge in [0.15, 0.2) is 0 Å². The predicted octanol–water partition coefficient (Wildman–Crippen LogP) is 1.98. The Morgan fingerprint density at radius 3 is 2.82 bits per heavy atom. The molecule has 1 fully saturated rings. The molecular weight excluding hydrogens is 216 g/mol. The summed E-state index contributed by atoms with van der Waals surface area (Å²) in [6.07, 6.45) is 5.90. The SMILES string of the molecule is CCC1CCCC(NC(=O)N(C)C(C)CO)C1. The van der Waals surface area contributed by atoms with Crippen molar-refractivity contribution in [3.8, 4) is 0 Å². The van der Waals surface area contributed by atoms with Crippen LogP contribution in [0, 0.1) is 5.92 Å². The number of likely N-dealkylation sites (N-methyl/N-ethyl adjacent to an activating group) is 1. The van der Waals surface area contributed by atoms with Crippen LogP contribution in [0.1, 0.15) is 46.0 Å². The number of rotatable bonds is 4. The van der Waals surface area contributed by atoms with Crippen LogP contribution in [0.4, 0.5) is 4.79 Å². The summed E-state index contributed by atoms with van der Waals surface area (Å²) in [5.74, 6) is 0.759. The number of carbonyl (C=O) groups is 1. The van der Waals surface area contributed by atoms with E-state index in [1.54, 1.807) is 11.9 Å². The van der Waals surface area contributed by atoms with Crippen molar-refractivity contribution >= 4 is 6.03 Å². The second-order valence-electron chi connectivity index (χ2n) is 5.23. The Balaban J connectivity index is 2.40. The van der Waals surface area contributed by atoms with Crippen LogP contribution < -0.4 is 5.32 Å². The van der Waals surface area contributed by atoms with Crippen LogP contribution in [0.5, 0.6) is 0 Å². The standard InChI is InChI=1S/C13H26N2O2/c1-4-11-6-5-7-12(8-11)14-13(17)15(3)10(2)9-16/h10-12,16H,4-9H2,1-3H3,(H,14,17). The van der Waals surface area contributed by atoms with Gasteiger partial charge in [0.1, 0.15) is 0 Å². The molecule has 0 heterocycles. The number of amides is 2. The first-order valence-electron chi connectivity index (χ1n) is 6.72. The molecule has 1 aliphatic rings. The monoisotopic (exact) mass is 242 g/mol. The molecule has 1 aliphatic carbocycles. The molecule has 0 bridgehead atoms. The zero-order valence-corrected chi connectivity index (χ0v) is 11.3. The Kier molecular flexibility index (Phi) is 5.75. The van der Waals surface area contributed by atoms with Crippen molar-refractivity contribution in [1.29, 1.82) is 0 Å². The number of aliphatic hydroxyl groups is 1. The summed E-state index contributed by atoms with van der Waals surface area (Å²) < 4.78 is 0. The maximum absolute atomic E-state index is 11.9. The van der Waals surface area contributed by atoms with E-state index in [1.807, 2.05) is 6.92 Å². The van der Waals surface area contributed by atoms with E-state index in [0.717, 1.165) is 18.8 Å². The molecule has 4 nitrogen and oxygen atoms in total. The first-order valence-corrected chi connectivity index (χ1v) is 6.72. The van der Waals surface area contributed by atoms with Gasteiger partial charge in [-0.05, 0) is 25.7 Å². The van der Waals surface area contributed by atoms with E-state index in [1.165, 1.54) is 19.3 Å². The number of nitrogens with zero attached hydrogens (tertiary/aromatic N) is 1. The van der Waals surface area contributed by atoms with E-state index >= 15 is 0 Å². The maximum atomic E-state index is 11.9. The third-order valence-corrected chi connectivity index (χ3v) is 3.93. The summed E-state index contributed by atoms with van der Waals surface area (Å²) >= 11 is 0. The molecule has 100 valence electrons. The lowest BCUT2D eigenvalue weighted by atomic mass is 9.84. The number of carbonyl (C=O) groups excluding carboxylic acids is 1. The van der Waals surface area contributed by atoms with Gasteiger partial charge >= 0.3 is 6.03 Å². The molecule has 0 spiro atoms. The zero-order valence-electron chi connectivity index (χ0n) is 11.3. The second-order valence-corrected chi connectivity index (χ2v) is 5.23. The summed E-state index contributed by atoms with van der Waals surface area (Å²) in [6.45, 7) is 4.07. The number of hydrogen-bond acceptors (Lipinski definition) is 2. The second kappa shape index (κ2) is 6.84. The molecule has 0 radical (unpaired) electrons. The Morgan fingerprint density at radius 1 is 1.53 bits per heavy atom. The Morgan fingerprint density at radius 2 is 2.24 bits per heavy atom. The smallest absolute Gasteiger partial charge is 0.317 e. The number of aliphatic hydroxyl groups excluding tert-OH is 1. The van der Waals surface area contributed by atoms with Crippen LogP contribution in [0.15, 0.2) is 0 Å². The van der Waals surface area contributed by atoms with Gasteiger partial charge in [-0.3, -0.25) is 0 Å². The lowest BCUT2D eigenvalue weighted by Gasteiger charge is -2.32. The molecule has 3 atom stereocenters. The Labute approximate surface area is 104 Å². The van der Waals surface area contributed by atoms with Crippen molar-refractivity contribution in [2.24, 2.45) is 5.92 Å². The van der Waals surface area contributed by atoms with Crippen molar-refractivity contribution in [1.82, 2.24) is 10.2 Å². The molecule has 0 aromatic rings. The fourth-order valence-electron chi connectivity index (χ4n) is 2.39. The summed E-state index contributed by atoms with van der Waals surface area (Å²) in [6, 6.07) is 0.128. The van der Waals surface area contributed by atoms with Gasteiger partial charge in [-0.2, -0.15) is 0 Å². The van der Waals surface area contributed by atoms with E-state index in [4.69, 9.17) is 5.11 Å². The minimum Gasteiger partial charge on any atom is -0.394 e. The molecule has 0 aromatic heterocycles. The minimum absolute atomic E-state index is 0.00612. The molecule has 0 aromatic carbocycles. The van der Waals surface area contributed by atoms with Crippen LogP contribution in [0.2, 0.25) is 0 Å². The topological polar surface area (TPSA) is 52.6 Å². The molecule has 3 unspecified atom stereocenters. The lowest BCUT2D eigenvalue weighted by Crippen LogP contribution is -2.48. The molecule has 0 saturated heterocycles. The number of urea groups is 1. The summed E-state index contributed by atoms with van der Waals surface area (Å²) in [4.78, 5) is 13.5. The maximum Gasteiger partial charge on any atom is 0.317 e. The molecule has 2 amide bonds. The third-order valence-electron chi connectivity index (χ3n) is 3.93. The fourth-order valence-corrected chi connectivity index (χ4v) is 2.39. The average molecular weight is 242 g/mol. The molecule has 17 heavy (non-hydrogen) atoms. The van der Waals surface area contributed by atoms with E-state index in [-0.39, 0.29) is 18.7 Å². The zero-order chi connectivity index (χ0) is 12.8. The third kappa shape index (κ3) is 4.19. The molecule has 1 saturated carbocycles. The van der Waals surface area contributed by atoms with Crippen molar-refractivity contribution in [3.63, 3.8) is 0 Å². The lowest BCUT2D eigenvalue weighted by molar-refractivity contribution is 0.150. The number of hydrogen-bond donors (Lipinski definition) is 2. The minimum atomic E-state index is -0.124.